The normalized spacial score (nSPS) is 19.8. The molecule has 0 aliphatic carbocycles. The summed E-state index contributed by atoms with van der Waals surface area (Å²) >= 11 is 1.99. The van der Waals surface area contributed by atoms with Gasteiger partial charge in [0.05, 0.1) is 0 Å². The van der Waals surface area contributed by atoms with E-state index in [9.17, 15) is 0 Å². The predicted octanol–water partition coefficient (Wildman–Crippen LogP) is 3.38. The number of nitrogens with zero attached hydrogens (tertiary/aromatic N) is 1. The summed E-state index contributed by atoms with van der Waals surface area (Å²) < 4.78 is 10.8. The second-order valence-corrected chi connectivity index (χ2v) is 6.55. The van der Waals surface area contributed by atoms with E-state index in [1.54, 1.807) is 0 Å². The van der Waals surface area contributed by atoms with Crippen LogP contribution in [-0.2, 0) is 0 Å². The van der Waals surface area contributed by atoms with Crippen LogP contribution in [0.25, 0.3) is 0 Å². The molecule has 1 saturated heterocycles. The first-order valence-electron chi connectivity index (χ1n) is 7.14. The molecule has 0 N–H and O–H groups in total. The van der Waals surface area contributed by atoms with Crippen molar-refractivity contribution in [2.24, 2.45) is 0 Å². The average molecular weight is 279 g/mol. The highest BCUT2D eigenvalue weighted by atomic mass is 32.2. The molecule has 0 unspecified atom stereocenters. The van der Waals surface area contributed by atoms with E-state index in [1.807, 2.05) is 17.8 Å². The number of likely N-dealkylation sites (tertiary alicyclic amines) is 1. The zero-order valence-electron chi connectivity index (χ0n) is 11.4. The molecule has 1 aromatic carbocycles. The van der Waals surface area contributed by atoms with E-state index < -0.39 is 0 Å². The van der Waals surface area contributed by atoms with E-state index in [0.29, 0.717) is 6.79 Å². The van der Waals surface area contributed by atoms with Crippen molar-refractivity contribution < 1.29 is 9.47 Å². The van der Waals surface area contributed by atoms with E-state index in [0.717, 1.165) is 16.7 Å². The fourth-order valence-electron chi connectivity index (χ4n) is 2.71. The van der Waals surface area contributed by atoms with E-state index in [1.165, 1.54) is 43.8 Å². The maximum absolute atomic E-state index is 5.43. The predicted molar refractivity (Wildman–Crippen MR) is 78.2 cm³/mol. The van der Waals surface area contributed by atoms with Crippen LogP contribution in [0.4, 0.5) is 0 Å². The van der Waals surface area contributed by atoms with Crippen LogP contribution < -0.4 is 9.47 Å². The lowest BCUT2D eigenvalue weighted by Crippen LogP contribution is -2.35. The van der Waals surface area contributed by atoms with Gasteiger partial charge in [-0.2, -0.15) is 0 Å². The summed E-state index contributed by atoms with van der Waals surface area (Å²) in [6.07, 6.45) is 3.85. The van der Waals surface area contributed by atoms with Gasteiger partial charge in [0.2, 0.25) is 6.79 Å². The molecule has 0 spiro atoms. The molecule has 2 aliphatic heterocycles. The van der Waals surface area contributed by atoms with Crippen LogP contribution in [0.1, 0.15) is 26.2 Å². The number of piperidine rings is 1. The summed E-state index contributed by atoms with van der Waals surface area (Å²) in [6, 6.07) is 6.29. The van der Waals surface area contributed by atoms with Crippen molar-refractivity contribution in [2.45, 2.75) is 36.3 Å². The molecular formula is C15H21NO2S. The third-order valence-electron chi connectivity index (χ3n) is 3.72. The molecule has 104 valence electrons. The van der Waals surface area contributed by atoms with Gasteiger partial charge in [0.25, 0.3) is 0 Å². The van der Waals surface area contributed by atoms with Crippen molar-refractivity contribution in [3.63, 3.8) is 0 Å². The molecule has 1 fully saturated rings. The van der Waals surface area contributed by atoms with E-state index in [-0.39, 0.29) is 0 Å². The lowest BCUT2D eigenvalue weighted by molar-refractivity contribution is 0.174. The van der Waals surface area contributed by atoms with Crippen LogP contribution in [0.2, 0.25) is 0 Å². The van der Waals surface area contributed by atoms with Gasteiger partial charge in [-0.05, 0) is 57.1 Å². The molecule has 0 amide bonds. The topological polar surface area (TPSA) is 21.7 Å². The highest BCUT2D eigenvalue weighted by Crippen LogP contribution is 2.38. The quantitative estimate of drug-likeness (QED) is 0.842. The Hall–Kier alpha value is -0.870. The van der Waals surface area contributed by atoms with Crippen LogP contribution in [0, 0.1) is 0 Å². The standard InChI is InChI=1S/C15H21NO2S/c1-2-7-16-8-5-12(6-9-16)19-13-3-4-14-15(10-13)18-11-17-14/h3-4,10,12H,2,5-9,11H2,1H3. The number of rotatable bonds is 4. The molecule has 0 radical (unpaired) electrons. The van der Waals surface area contributed by atoms with Crippen LogP contribution in [0.3, 0.4) is 0 Å². The van der Waals surface area contributed by atoms with E-state index >= 15 is 0 Å². The third-order valence-corrected chi connectivity index (χ3v) is 5.05. The Morgan fingerprint density at radius 3 is 2.79 bits per heavy atom. The van der Waals surface area contributed by atoms with Crippen LogP contribution >= 0.6 is 11.8 Å². The molecule has 2 heterocycles. The van der Waals surface area contributed by atoms with Gasteiger partial charge in [0.15, 0.2) is 11.5 Å². The summed E-state index contributed by atoms with van der Waals surface area (Å²) in [5, 5.41) is 0.744. The fourth-order valence-corrected chi connectivity index (χ4v) is 3.86. The zero-order valence-corrected chi connectivity index (χ0v) is 12.2. The monoisotopic (exact) mass is 279 g/mol. The highest BCUT2D eigenvalue weighted by Gasteiger charge is 2.20. The van der Waals surface area contributed by atoms with Crippen molar-refractivity contribution in [1.82, 2.24) is 4.90 Å². The second-order valence-electron chi connectivity index (χ2n) is 5.17. The number of thioether (sulfide) groups is 1. The van der Waals surface area contributed by atoms with Crippen molar-refractivity contribution in [3.05, 3.63) is 18.2 Å². The molecule has 0 atom stereocenters. The van der Waals surface area contributed by atoms with Crippen molar-refractivity contribution >= 4 is 11.8 Å². The zero-order chi connectivity index (χ0) is 13.1. The summed E-state index contributed by atoms with van der Waals surface area (Å²) in [7, 11) is 0. The van der Waals surface area contributed by atoms with Gasteiger partial charge < -0.3 is 14.4 Å². The Morgan fingerprint density at radius 1 is 1.21 bits per heavy atom. The Morgan fingerprint density at radius 2 is 2.00 bits per heavy atom. The van der Waals surface area contributed by atoms with Gasteiger partial charge in [0.1, 0.15) is 0 Å². The van der Waals surface area contributed by atoms with Crippen LogP contribution in [-0.4, -0.2) is 36.6 Å². The Bertz CT molecular complexity index is 430. The minimum absolute atomic E-state index is 0.360. The molecule has 0 bridgehead atoms. The molecule has 4 heteroatoms. The summed E-state index contributed by atoms with van der Waals surface area (Å²) in [4.78, 5) is 3.88. The van der Waals surface area contributed by atoms with Gasteiger partial charge >= 0.3 is 0 Å². The van der Waals surface area contributed by atoms with Crippen LogP contribution in [0.15, 0.2) is 23.1 Å². The first kappa shape index (κ1) is 13.1. The number of fused-ring (bicyclic) bond motifs is 1. The van der Waals surface area contributed by atoms with E-state index in [4.69, 9.17) is 9.47 Å². The first-order chi connectivity index (χ1) is 9.35. The largest absolute Gasteiger partial charge is 0.454 e. The number of hydrogen-bond acceptors (Lipinski definition) is 4. The van der Waals surface area contributed by atoms with Crippen molar-refractivity contribution in [3.8, 4) is 11.5 Å². The first-order valence-corrected chi connectivity index (χ1v) is 8.02. The summed E-state index contributed by atoms with van der Waals surface area (Å²) in [5.41, 5.74) is 0. The molecule has 19 heavy (non-hydrogen) atoms. The molecular weight excluding hydrogens is 258 g/mol. The van der Waals surface area contributed by atoms with Gasteiger partial charge in [-0.15, -0.1) is 11.8 Å². The maximum Gasteiger partial charge on any atom is 0.231 e. The maximum atomic E-state index is 5.43. The minimum Gasteiger partial charge on any atom is -0.454 e. The lowest BCUT2D eigenvalue weighted by Gasteiger charge is -2.31. The average Bonchev–Trinajstić information content (AvgIpc) is 2.89. The highest BCUT2D eigenvalue weighted by molar-refractivity contribution is 8.00. The van der Waals surface area contributed by atoms with Gasteiger partial charge in [-0.3, -0.25) is 0 Å². The fraction of sp³-hybridized carbons (Fsp3) is 0.600. The molecule has 1 aromatic rings. The van der Waals surface area contributed by atoms with Crippen LogP contribution in [0.5, 0.6) is 11.5 Å². The number of benzene rings is 1. The van der Waals surface area contributed by atoms with Gasteiger partial charge in [0, 0.05) is 10.1 Å². The van der Waals surface area contributed by atoms with E-state index in [2.05, 4.69) is 24.0 Å². The van der Waals surface area contributed by atoms with Gasteiger partial charge in [-0.25, -0.2) is 0 Å². The Kier molecular flexibility index (Phi) is 4.18. The summed E-state index contributed by atoms with van der Waals surface area (Å²) in [6.45, 7) is 6.36. The summed E-state index contributed by atoms with van der Waals surface area (Å²) in [5.74, 6) is 1.77. The lowest BCUT2D eigenvalue weighted by atomic mass is 10.1. The molecule has 3 nitrogen and oxygen atoms in total. The Labute approximate surface area is 119 Å². The number of ether oxygens (including phenoxy) is 2. The molecule has 2 aliphatic rings. The second kappa shape index (κ2) is 6.06. The number of hydrogen-bond donors (Lipinski definition) is 0. The molecule has 0 saturated carbocycles. The minimum atomic E-state index is 0.360. The van der Waals surface area contributed by atoms with Gasteiger partial charge in [-0.1, -0.05) is 6.92 Å². The smallest absolute Gasteiger partial charge is 0.231 e. The van der Waals surface area contributed by atoms with Crippen molar-refractivity contribution in [1.29, 1.82) is 0 Å². The molecule has 0 aromatic heterocycles. The van der Waals surface area contributed by atoms with Crippen molar-refractivity contribution in [2.75, 3.05) is 26.4 Å². The third kappa shape index (κ3) is 3.18. The molecule has 3 rings (SSSR count). The SMILES string of the molecule is CCCN1CCC(Sc2ccc3c(c2)OCO3)CC1. The Balaban J connectivity index is 1.55.